The van der Waals surface area contributed by atoms with Gasteiger partial charge in [-0.15, -0.1) is 0 Å². The molecule has 1 aliphatic rings. The fourth-order valence-electron chi connectivity index (χ4n) is 2.74. The predicted octanol–water partition coefficient (Wildman–Crippen LogP) is 2.52. The van der Waals surface area contributed by atoms with Crippen molar-refractivity contribution in [3.8, 4) is 5.88 Å². The summed E-state index contributed by atoms with van der Waals surface area (Å²) in [5, 5.41) is 9.17. The monoisotopic (exact) mass is 491 g/mol. The van der Waals surface area contributed by atoms with Crippen LogP contribution in [0.4, 0.5) is 15.0 Å². The Kier molecular flexibility index (Phi) is 7.41. The zero-order valence-electron chi connectivity index (χ0n) is 16.3. The lowest BCUT2D eigenvalue weighted by molar-refractivity contribution is 0.126. The van der Waals surface area contributed by atoms with Crippen molar-refractivity contribution in [1.29, 1.82) is 0 Å². The quantitative estimate of drug-likeness (QED) is 0.447. The van der Waals surface area contributed by atoms with Gasteiger partial charge in [0.2, 0.25) is 5.88 Å². The minimum absolute atomic E-state index is 0.00102. The van der Waals surface area contributed by atoms with Gasteiger partial charge < -0.3 is 14.7 Å². The van der Waals surface area contributed by atoms with Gasteiger partial charge in [-0.1, -0.05) is 35.5 Å². The molecular weight excluding hydrogens is 473 g/mol. The van der Waals surface area contributed by atoms with Crippen LogP contribution in [-0.4, -0.2) is 72.1 Å². The molecule has 1 fully saturated rings. The van der Waals surface area contributed by atoms with E-state index in [1.54, 1.807) is 12.1 Å². The Labute approximate surface area is 187 Å². The Morgan fingerprint density at radius 1 is 1.32 bits per heavy atom. The van der Waals surface area contributed by atoms with Crippen LogP contribution >= 0.6 is 23.4 Å². The highest BCUT2D eigenvalue weighted by molar-refractivity contribution is 7.98. The van der Waals surface area contributed by atoms with Gasteiger partial charge in [-0.2, -0.15) is 17.7 Å². The van der Waals surface area contributed by atoms with Gasteiger partial charge in [-0.25, -0.2) is 14.2 Å². The zero-order chi connectivity index (χ0) is 22.6. The van der Waals surface area contributed by atoms with Gasteiger partial charge in [0.25, 0.3) is 0 Å². The molecule has 0 bridgehead atoms. The van der Waals surface area contributed by atoms with E-state index in [0.29, 0.717) is 5.56 Å². The minimum atomic E-state index is -3.98. The third kappa shape index (κ3) is 5.87. The highest BCUT2D eigenvalue weighted by Gasteiger charge is 2.29. The Morgan fingerprint density at radius 3 is 2.68 bits per heavy atom. The van der Waals surface area contributed by atoms with Crippen LogP contribution in [0.1, 0.15) is 5.56 Å². The third-order valence-corrected chi connectivity index (χ3v) is 7.06. The van der Waals surface area contributed by atoms with E-state index >= 15 is 0 Å². The van der Waals surface area contributed by atoms with E-state index in [-0.39, 0.29) is 53.8 Å². The van der Waals surface area contributed by atoms with Crippen molar-refractivity contribution in [2.45, 2.75) is 10.9 Å². The summed E-state index contributed by atoms with van der Waals surface area (Å²) in [6.07, 6.45) is -1.09. The number of halogens is 2. The van der Waals surface area contributed by atoms with Crippen molar-refractivity contribution >= 4 is 45.5 Å². The van der Waals surface area contributed by atoms with E-state index in [9.17, 15) is 17.6 Å². The van der Waals surface area contributed by atoms with Gasteiger partial charge in [0.05, 0.1) is 12.1 Å². The van der Waals surface area contributed by atoms with E-state index in [1.807, 2.05) is 0 Å². The number of ether oxygens (including phenoxy) is 1. The van der Waals surface area contributed by atoms with Crippen molar-refractivity contribution in [3.63, 3.8) is 0 Å². The van der Waals surface area contributed by atoms with Crippen molar-refractivity contribution in [1.82, 2.24) is 19.2 Å². The summed E-state index contributed by atoms with van der Waals surface area (Å²) in [6, 6.07) is 5.96. The molecule has 0 atom stereocenters. The van der Waals surface area contributed by atoms with Gasteiger partial charge in [-0.3, -0.25) is 4.72 Å². The van der Waals surface area contributed by atoms with Crippen molar-refractivity contribution in [2.24, 2.45) is 0 Å². The number of carboxylic acid groups (broad SMARTS) is 1. The molecule has 0 aliphatic carbocycles. The minimum Gasteiger partial charge on any atom is -0.481 e. The molecular formula is C17H19ClFN5O5S2. The van der Waals surface area contributed by atoms with Crippen LogP contribution in [0.15, 0.2) is 29.4 Å². The van der Waals surface area contributed by atoms with Crippen LogP contribution in [0, 0.1) is 5.82 Å². The first-order valence-corrected chi connectivity index (χ1v) is 11.7. The molecule has 0 radical (unpaired) electrons. The number of rotatable bonds is 7. The summed E-state index contributed by atoms with van der Waals surface area (Å²) in [5.74, 6) is -0.275. The molecule has 0 unspecified atom stereocenters. The number of nitrogens with zero attached hydrogens (tertiary/aromatic N) is 4. The van der Waals surface area contributed by atoms with E-state index < -0.39 is 22.1 Å². The number of nitrogens with one attached hydrogen (secondary N) is 1. The van der Waals surface area contributed by atoms with Gasteiger partial charge in [0, 0.05) is 38.0 Å². The molecule has 3 rings (SSSR count). The standard InChI is InChI=1S/C17H19ClFN5O5S2/c1-29-14-9-13(22-31(27,28)24-7-5-23(6-8-24)17(25)26)20-16(21-14)30-10-11-3-2-4-12(18)15(11)19/h2-4,9H,5-8,10H2,1H3,(H,25,26)(H,20,21,22). The first-order valence-electron chi connectivity index (χ1n) is 8.94. The third-order valence-electron chi connectivity index (χ3n) is 4.36. The Hall–Kier alpha value is -2.35. The maximum absolute atomic E-state index is 14.1. The number of carbonyl (C=O) groups is 1. The zero-order valence-corrected chi connectivity index (χ0v) is 18.7. The molecule has 2 N–H and O–H groups in total. The molecule has 1 amide bonds. The van der Waals surface area contributed by atoms with Crippen molar-refractivity contribution < 1.29 is 27.4 Å². The highest BCUT2D eigenvalue weighted by atomic mass is 35.5. The summed E-state index contributed by atoms with van der Waals surface area (Å²) in [7, 11) is -2.60. The average Bonchev–Trinajstić information content (AvgIpc) is 2.74. The van der Waals surface area contributed by atoms with E-state index in [2.05, 4.69) is 14.7 Å². The lowest BCUT2D eigenvalue weighted by Gasteiger charge is -2.32. The summed E-state index contributed by atoms with van der Waals surface area (Å²) in [5.41, 5.74) is 0.349. The molecule has 1 aromatic heterocycles. The number of amides is 1. The number of piperazine rings is 1. The molecule has 0 spiro atoms. The molecule has 2 aromatic rings. The molecule has 31 heavy (non-hydrogen) atoms. The second kappa shape index (κ2) is 9.85. The first kappa shape index (κ1) is 23.3. The van der Waals surface area contributed by atoms with E-state index in [4.69, 9.17) is 21.4 Å². The Bertz CT molecular complexity index is 1070. The van der Waals surface area contributed by atoms with Crippen molar-refractivity contribution in [3.05, 3.63) is 40.7 Å². The smallest absolute Gasteiger partial charge is 0.407 e. The first-order chi connectivity index (χ1) is 14.7. The predicted molar refractivity (Wildman–Crippen MR) is 113 cm³/mol. The molecule has 1 aromatic carbocycles. The van der Waals surface area contributed by atoms with Crippen LogP contribution in [0.3, 0.4) is 0 Å². The maximum Gasteiger partial charge on any atom is 0.407 e. The molecule has 14 heteroatoms. The fraction of sp³-hybridized carbons (Fsp3) is 0.353. The molecule has 168 valence electrons. The van der Waals surface area contributed by atoms with E-state index in [1.165, 1.54) is 19.2 Å². The highest BCUT2D eigenvalue weighted by Crippen LogP contribution is 2.27. The number of benzene rings is 1. The van der Waals surface area contributed by atoms with Crippen LogP contribution in [0.25, 0.3) is 0 Å². The fourth-order valence-corrected chi connectivity index (χ4v) is 4.90. The van der Waals surface area contributed by atoms with E-state index in [0.717, 1.165) is 21.0 Å². The van der Waals surface area contributed by atoms with Gasteiger partial charge in [-0.05, 0) is 11.6 Å². The summed E-state index contributed by atoms with van der Waals surface area (Å²) in [6.45, 7) is 0.157. The van der Waals surface area contributed by atoms with Crippen LogP contribution in [0.2, 0.25) is 5.02 Å². The molecule has 1 saturated heterocycles. The molecule has 1 aliphatic heterocycles. The number of thioether (sulfide) groups is 1. The second-order valence-electron chi connectivity index (χ2n) is 6.36. The van der Waals surface area contributed by atoms with Crippen LogP contribution in [0.5, 0.6) is 5.88 Å². The van der Waals surface area contributed by atoms with Crippen LogP contribution in [-0.2, 0) is 16.0 Å². The average molecular weight is 492 g/mol. The Morgan fingerprint density at radius 2 is 2.03 bits per heavy atom. The summed E-state index contributed by atoms with van der Waals surface area (Å²) < 4.78 is 48.1. The topological polar surface area (TPSA) is 125 Å². The lowest BCUT2D eigenvalue weighted by atomic mass is 10.2. The molecule has 10 nitrogen and oxygen atoms in total. The second-order valence-corrected chi connectivity index (χ2v) is 9.38. The lowest BCUT2D eigenvalue weighted by Crippen LogP contribution is -2.51. The number of anilines is 1. The van der Waals surface area contributed by atoms with Gasteiger partial charge in [0.15, 0.2) is 5.16 Å². The van der Waals surface area contributed by atoms with Crippen molar-refractivity contribution in [2.75, 3.05) is 38.0 Å². The number of methoxy groups -OCH3 is 1. The molecule has 2 heterocycles. The summed E-state index contributed by atoms with van der Waals surface area (Å²) in [4.78, 5) is 20.4. The summed E-state index contributed by atoms with van der Waals surface area (Å²) >= 11 is 6.87. The van der Waals surface area contributed by atoms with Gasteiger partial charge >= 0.3 is 16.3 Å². The SMILES string of the molecule is COc1cc(NS(=O)(=O)N2CCN(C(=O)O)CC2)nc(SCc2cccc(Cl)c2F)n1. The largest absolute Gasteiger partial charge is 0.481 e. The van der Waals surface area contributed by atoms with Gasteiger partial charge in [0.1, 0.15) is 11.6 Å². The number of aromatic nitrogens is 2. The maximum atomic E-state index is 14.1. The number of hydrogen-bond donors (Lipinski definition) is 2. The Balaban J connectivity index is 1.73. The molecule has 0 saturated carbocycles. The normalized spacial score (nSPS) is 15.0. The van der Waals surface area contributed by atoms with Crippen LogP contribution < -0.4 is 9.46 Å². The number of hydrogen-bond acceptors (Lipinski definition) is 7.